The van der Waals surface area contributed by atoms with E-state index in [9.17, 15) is 4.79 Å². The molecular weight excluding hydrogens is 216 g/mol. The van der Waals surface area contributed by atoms with Crippen LogP contribution in [0.5, 0.6) is 0 Å². The highest BCUT2D eigenvalue weighted by Gasteiger charge is 2.06. The molecule has 0 heterocycles. The predicted molar refractivity (Wildman–Crippen MR) is 71.1 cm³/mol. The summed E-state index contributed by atoms with van der Waals surface area (Å²) >= 11 is 0. The van der Waals surface area contributed by atoms with Crippen LogP contribution in [0.4, 0.5) is 0 Å². The molecule has 0 aliphatic carbocycles. The molecule has 1 unspecified atom stereocenters. The van der Waals surface area contributed by atoms with Crippen LogP contribution in [0, 0.1) is 0 Å². The predicted octanol–water partition coefficient (Wildman–Crippen LogP) is 1.65. The molecule has 1 atom stereocenters. The highest BCUT2D eigenvalue weighted by atomic mass is 16.5. The Hall–Kier alpha value is -0.610. The summed E-state index contributed by atoms with van der Waals surface area (Å²) < 4.78 is 5.19. The smallest absolute Gasteiger partial charge is 0.306 e. The van der Waals surface area contributed by atoms with Gasteiger partial charge in [0.1, 0.15) is 0 Å². The van der Waals surface area contributed by atoms with E-state index in [2.05, 4.69) is 24.3 Å². The van der Waals surface area contributed by atoms with Crippen LogP contribution >= 0.6 is 0 Å². The number of ether oxygens (including phenoxy) is 1. The second-order valence-electron chi connectivity index (χ2n) is 4.72. The summed E-state index contributed by atoms with van der Waals surface area (Å²) in [5.74, 6) is -0.0746. The Morgan fingerprint density at radius 3 is 2.53 bits per heavy atom. The maximum Gasteiger partial charge on any atom is 0.306 e. The van der Waals surface area contributed by atoms with E-state index in [1.807, 2.05) is 13.8 Å². The van der Waals surface area contributed by atoms with E-state index in [1.54, 1.807) is 0 Å². The van der Waals surface area contributed by atoms with Gasteiger partial charge < -0.3 is 15.0 Å². The van der Waals surface area contributed by atoms with Crippen molar-refractivity contribution in [2.24, 2.45) is 0 Å². The van der Waals surface area contributed by atoms with Crippen LogP contribution in [0.1, 0.15) is 39.5 Å². The van der Waals surface area contributed by atoms with E-state index in [0.29, 0.717) is 6.42 Å². The van der Waals surface area contributed by atoms with Gasteiger partial charge in [-0.3, -0.25) is 4.79 Å². The van der Waals surface area contributed by atoms with Crippen molar-refractivity contribution in [2.75, 3.05) is 33.7 Å². The normalized spacial score (nSPS) is 12.8. The number of hydrogen-bond acceptors (Lipinski definition) is 4. The summed E-state index contributed by atoms with van der Waals surface area (Å²) in [4.78, 5) is 13.5. The summed E-state index contributed by atoms with van der Waals surface area (Å²) in [7, 11) is 4.15. The van der Waals surface area contributed by atoms with Gasteiger partial charge in [-0.15, -0.1) is 0 Å². The van der Waals surface area contributed by atoms with Gasteiger partial charge in [-0.1, -0.05) is 6.92 Å². The Bertz CT molecular complexity index is 196. The van der Waals surface area contributed by atoms with Gasteiger partial charge in [0.2, 0.25) is 0 Å². The molecule has 0 bridgehead atoms. The number of nitrogens with zero attached hydrogens (tertiary/aromatic N) is 1. The molecule has 0 radical (unpaired) electrons. The van der Waals surface area contributed by atoms with Gasteiger partial charge in [0.05, 0.1) is 6.10 Å². The van der Waals surface area contributed by atoms with Gasteiger partial charge in [-0.05, 0) is 59.9 Å². The number of hydrogen-bond donors (Lipinski definition) is 1. The Morgan fingerprint density at radius 1 is 1.29 bits per heavy atom. The molecule has 0 aromatic carbocycles. The number of rotatable bonds is 10. The standard InChI is InChI=1S/C13H28N2O2/c1-5-12(2)17-13(16)8-6-9-14-10-7-11-15(3)4/h12,14H,5-11H2,1-4H3. The van der Waals surface area contributed by atoms with E-state index in [4.69, 9.17) is 4.74 Å². The fourth-order valence-electron chi connectivity index (χ4n) is 1.37. The average molecular weight is 244 g/mol. The molecule has 1 N–H and O–H groups in total. The topological polar surface area (TPSA) is 41.6 Å². The fourth-order valence-corrected chi connectivity index (χ4v) is 1.37. The highest BCUT2D eigenvalue weighted by Crippen LogP contribution is 2.00. The molecule has 0 fully saturated rings. The SMILES string of the molecule is CCC(C)OC(=O)CCCNCCCN(C)C. The van der Waals surface area contributed by atoms with Gasteiger partial charge in [-0.25, -0.2) is 0 Å². The number of carbonyl (C=O) groups excluding carboxylic acids is 1. The summed E-state index contributed by atoms with van der Waals surface area (Å²) in [6.45, 7) is 6.95. The Balaban J connectivity index is 3.25. The lowest BCUT2D eigenvalue weighted by atomic mass is 10.3. The van der Waals surface area contributed by atoms with Crippen molar-refractivity contribution in [2.45, 2.75) is 45.6 Å². The van der Waals surface area contributed by atoms with Crippen LogP contribution in [0.25, 0.3) is 0 Å². The maximum absolute atomic E-state index is 11.3. The lowest BCUT2D eigenvalue weighted by Crippen LogP contribution is -2.23. The fraction of sp³-hybridized carbons (Fsp3) is 0.923. The average Bonchev–Trinajstić information content (AvgIpc) is 2.27. The van der Waals surface area contributed by atoms with E-state index in [1.165, 1.54) is 0 Å². The van der Waals surface area contributed by atoms with Crippen molar-refractivity contribution < 1.29 is 9.53 Å². The van der Waals surface area contributed by atoms with Gasteiger partial charge >= 0.3 is 5.97 Å². The Kier molecular flexibility index (Phi) is 10.2. The third-order valence-corrected chi connectivity index (χ3v) is 2.60. The third kappa shape index (κ3) is 11.6. The van der Waals surface area contributed by atoms with E-state index >= 15 is 0 Å². The van der Waals surface area contributed by atoms with Crippen LogP contribution in [0.2, 0.25) is 0 Å². The zero-order chi connectivity index (χ0) is 13.1. The van der Waals surface area contributed by atoms with Gasteiger partial charge in [0.25, 0.3) is 0 Å². The monoisotopic (exact) mass is 244 g/mol. The molecule has 4 nitrogen and oxygen atoms in total. The molecule has 102 valence electrons. The third-order valence-electron chi connectivity index (χ3n) is 2.60. The lowest BCUT2D eigenvalue weighted by molar-refractivity contribution is -0.148. The minimum absolute atomic E-state index is 0.0514. The van der Waals surface area contributed by atoms with Crippen LogP contribution in [-0.2, 0) is 9.53 Å². The van der Waals surface area contributed by atoms with Crippen molar-refractivity contribution >= 4 is 5.97 Å². The van der Waals surface area contributed by atoms with Crippen molar-refractivity contribution in [3.8, 4) is 0 Å². The number of carbonyl (C=O) groups is 1. The molecular formula is C13H28N2O2. The second-order valence-corrected chi connectivity index (χ2v) is 4.72. The first kappa shape index (κ1) is 16.4. The summed E-state index contributed by atoms with van der Waals surface area (Å²) in [5, 5.41) is 3.33. The summed E-state index contributed by atoms with van der Waals surface area (Å²) in [6.07, 6.45) is 3.46. The van der Waals surface area contributed by atoms with E-state index < -0.39 is 0 Å². The first-order valence-corrected chi connectivity index (χ1v) is 6.61. The number of esters is 1. The first-order chi connectivity index (χ1) is 8.06. The van der Waals surface area contributed by atoms with Crippen molar-refractivity contribution in [1.29, 1.82) is 0 Å². The highest BCUT2D eigenvalue weighted by molar-refractivity contribution is 5.69. The largest absolute Gasteiger partial charge is 0.463 e. The molecule has 4 heteroatoms. The van der Waals surface area contributed by atoms with Crippen molar-refractivity contribution in [3.05, 3.63) is 0 Å². The second kappa shape index (κ2) is 10.5. The lowest BCUT2D eigenvalue weighted by Gasteiger charge is -2.11. The molecule has 0 amide bonds. The molecule has 0 aliphatic heterocycles. The van der Waals surface area contributed by atoms with Crippen molar-refractivity contribution in [1.82, 2.24) is 10.2 Å². The number of nitrogens with one attached hydrogen (secondary N) is 1. The van der Waals surface area contributed by atoms with E-state index in [-0.39, 0.29) is 12.1 Å². The summed E-state index contributed by atoms with van der Waals surface area (Å²) in [5.41, 5.74) is 0. The van der Waals surface area contributed by atoms with Crippen LogP contribution in [0.15, 0.2) is 0 Å². The van der Waals surface area contributed by atoms with Crippen molar-refractivity contribution in [3.63, 3.8) is 0 Å². The molecule has 0 aromatic heterocycles. The molecule has 0 aliphatic rings. The van der Waals surface area contributed by atoms with Crippen LogP contribution < -0.4 is 5.32 Å². The minimum Gasteiger partial charge on any atom is -0.463 e. The molecule has 17 heavy (non-hydrogen) atoms. The quantitative estimate of drug-likeness (QED) is 0.469. The Labute approximate surface area is 106 Å². The molecule has 0 spiro atoms. The van der Waals surface area contributed by atoms with Gasteiger partial charge in [0, 0.05) is 6.42 Å². The molecule has 0 saturated carbocycles. The first-order valence-electron chi connectivity index (χ1n) is 6.61. The van der Waals surface area contributed by atoms with Crippen LogP contribution in [0.3, 0.4) is 0 Å². The summed E-state index contributed by atoms with van der Waals surface area (Å²) in [6, 6.07) is 0. The minimum atomic E-state index is -0.0746. The van der Waals surface area contributed by atoms with Crippen LogP contribution in [-0.4, -0.2) is 50.7 Å². The molecule has 0 aromatic rings. The Morgan fingerprint density at radius 2 is 1.94 bits per heavy atom. The van der Waals surface area contributed by atoms with E-state index in [0.717, 1.165) is 38.9 Å². The van der Waals surface area contributed by atoms with Gasteiger partial charge in [-0.2, -0.15) is 0 Å². The van der Waals surface area contributed by atoms with Gasteiger partial charge in [0.15, 0.2) is 0 Å². The zero-order valence-corrected chi connectivity index (χ0v) is 11.8. The molecule has 0 saturated heterocycles. The zero-order valence-electron chi connectivity index (χ0n) is 11.8. The maximum atomic E-state index is 11.3. The molecule has 0 rings (SSSR count).